The lowest BCUT2D eigenvalue weighted by atomic mass is 9.83. The molecule has 2 amide bonds. The fourth-order valence-electron chi connectivity index (χ4n) is 4.60. The second-order valence-electron chi connectivity index (χ2n) is 11.0. The number of anilines is 1. The van der Waals surface area contributed by atoms with Gasteiger partial charge in [0.15, 0.2) is 6.54 Å². The molecule has 1 atom stereocenters. The third-order valence-electron chi connectivity index (χ3n) is 6.53. The number of ether oxygens (including phenoxy) is 1. The molecule has 0 fully saturated rings. The molecular formula is C32H34Cl2N4O5. The number of amides is 2. The van der Waals surface area contributed by atoms with Crippen molar-refractivity contribution in [1.29, 1.82) is 0 Å². The van der Waals surface area contributed by atoms with E-state index in [0.717, 1.165) is 5.56 Å². The molecule has 0 spiro atoms. The number of nitrogens with one attached hydrogen (secondary N) is 2. The number of quaternary nitrogens is 1. The molecule has 0 aromatic heterocycles. The van der Waals surface area contributed by atoms with Gasteiger partial charge >= 0.3 is 0 Å². The Kier molecular flexibility index (Phi) is 11.5. The van der Waals surface area contributed by atoms with Gasteiger partial charge in [-0.15, -0.1) is 0 Å². The molecule has 3 aromatic rings. The van der Waals surface area contributed by atoms with Gasteiger partial charge in [0.05, 0.1) is 33.1 Å². The second-order valence-corrected chi connectivity index (χ2v) is 11.5. The van der Waals surface area contributed by atoms with Gasteiger partial charge in [-0.25, -0.2) is 5.43 Å². The number of rotatable bonds is 11. The smallest absolute Gasteiger partial charge is 0.295 e. The van der Waals surface area contributed by atoms with Crippen LogP contribution in [0.1, 0.15) is 29.9 Å². The van der Waals surface area contributed by atoms with E-state index in [1.54, 1.807) is 42.5 Å². The number of hydrogen-bond acceptors (Lipinski definition) is 6. The van der Waals surface area contributed by atoms with Crippen molar-refractivity contribution in [1.82, 2.24) is 5.43 Å². The molecule has 0 saturated heterocycles. The fourth-order valence-corrected chi connectivity index (χ4v) is 4.79. The summed E-state index contributed by atoms with van der Waals surface area (Å²) in [5.41, 5.74) is 4.60. The molecule has 1 aliphatic heterocycles. The molecule has 0 radical (unpaired) electrons. The van der Waals surface area contributed by atoms with E-state index in [-0.39, 0.29) is 55.7 Å². The lowest BCUT2D eigenvalue weighted by molar-refractivity contribution is -0.862. The Morgan fingerprint density at radius 2 is 1.70 bits per heavy atom. The number of nitrogens with zero attached hydrogens (tertiary/aromatic N) is 2. The molecule has 226 valence electrons. The number of hydrogen-bond donors (Lipinski definition) is 3. The van der Waals surface area contributed by atoms with E-state index in [4.69, 9.17) is 16.3 Å². The number of hydrazone groups is 1. The minimum atomic E-state index is -0.649. The Morgan fingerprint density at radius 1 is 1.00 bits per heavy atom. The maximum Gasteiger partial charge on any atom is 0.295 e. The first kappa shape index (κ1) is 33.3. The first-order chi connectivity index (χ1) is 20.0. The van der Waals surface area contributed by atoms with E-state index >= 15 is 0 Å². The van der Waals surface area contributed by atoms with E-state index in [2.05, 4.69) is 15.8 Å². The van der Waals surface area contributed by atoms with Crippen molar-refractivity contribution in [3.05, 3.63) is 101 Å². The Hall–Kier alpha value is -4.18. The van der Waals surface area contributed by atoms with Crippen molar-refractivity contribution in [2.45, 2.75) is 18.8 Å². The molecular weight excluding hydrogens is 591 g/mol. The summed E-state index contributed by atoms with van der Waals surface area (Å²) >= 11 is 6.06. The molecule has 4 rings (SSSR count). The molecule has 3 N–H and O–H groups in total. The van der Waals surface area contributed by atoms with Gasteiger partial charge in [-0.2, -0.15) is 5.10 Å². The number of halogens is 2. The normalized spacial score (nSPS) is 13.6. The van der Waals surface area contributed by atoms with Crippen LogP contribution in [0, 0.1) is 0 Å². The van der Waals surface area contributed by atoms with E-state index in [9.17, 15) is 19.5 Å². The summed E-state index contributed by atoms with van der Waals surface area (Å²) in [6, 6.07) is 23.1. The molecule has 3 aromatic carbocycles. The van der Waals surface area contributed by atoms with E-state index in [1.807, 2.05) is 57.5 Å². The monoisotopic (exact) mass is 624 g/mol. The SMILES string of the molecule is C[N+](C)(C)CC(=O)NN=C(CC(=O)CC(C1=C(O)c2ccccc2OC1)c1ccccc1)C(=O)Nc1cccc(Cl)c1.[Cl-]. The van der Waals surface area contributed by atoms with Crippen LogP contribution in [0.4, 0.5) is 5.69 Å². The average molecular weight is 626 g/mol. The number of benzene rings is 3. The minimum absolute atomic E-state index is 0. The number of ketones is 1. The Balaban J connectivity index is 0.00000506. The average Bonchev–Trinajstić information content (AvgIpc) is 2.94. The largest absolute Gasteiger partial charge is 1.00 e. The van der Waals surface area contributed by atoms with Gasteiger partial charge in [-0.1, -0.05) is 60.1 Å². The van der Waals surface area contributed by atoms with Gasteiger partial charge in [0.1, 0.15) is 29.6 Å². The minimum Gasteiger partial charge on any atom is -1.00 e. The van der Waals surface area contributed by atoms with Crippen LogP contribution in [0.2, 0.25) is 5.02 Å². The summed E-state index contributed by atoms with van der Waals surface area (Å²) in [7, 11) is 5.54. The molecule has 11 heteroatoms. The lowest BCUT2D eigenvalue weighted by Crippen LogP contribution is -3.00. The zero-order valence-corrected chi connectivity index (χ0v) is 25.7. The summed E-state index contributed by atoms with van der Waals surface area (Å²) in [5.74, 6) is -1.25. The van der Waals surface area contributed by atoms with Crippen LogP contribution < -0.4 is 27.9 Å². The predicted molar refractivity (Wildman–Crippen MR) is 163 cm³/mol. The van der Waals surface area contributed by atoms with Gasteiger partial charge in [-0.3, -0.25) is 14.4 Å². The molecule has 0 bridgehead atoms. The summed E-state index contributed by atoms with van der Waals surface area (Å²) in [5, 5.41) is 18.4. The van der Waals surface area contributed by atoms with E-state index in [1.165, 1.54) is 0 Å². The number of fused-ring (bicyclic) bond motifs is 1. The highest BCUT2D eigenvalue weighted by Gasteiger charge is 2.30. The Morgan fingerprint density at radius 3 is 2.40 bits per heavy atom. The van der Waals surface area contributed by atoms with Gasteiger partial charge in [0.2, 0.25) is 0 Å². The van der Waals surface area contributed by atoms with Crippen molar-refractivity contribution in [2.75, 3.05) is 39.6 Å². The van der Waals surface area contributed by atoms with Gasteiger partial charge < -0.3 is 32.1 Å². The van der Waals surface area contributed by atoms with Crippen LogP contribution in [-0.4, -0.2) is 67.2 Å². The zero-order valence-electron chi connectivity index (χ0n) is 24.1. The molecule has 1 aliphatic rings. The number of para-hydroxylation sites is 1. The highest BCUT2D eigenvalue weighted by Crippen LogP contribution is 2.39. The second kappa shape index (κ2) is 14.8. The van der Waals surface area contributed by atoms with Crippen molar-refractivity contribution in [3.63, 3.8) is 0 Å². The lowest BCUT2D eigenvalue weighted by Gasteiger charge is -2.27. The highest BCUT2D eigenvalue weighted by molar-refractivity contribution is 6.45. The fraction of sp³-hybridized carbons (Fsp3) is 0.250. The number of Topliss-reactive ketones (excluding diaryl/α,β-unsaturated/α-hetero) is 1. The maximum absolute atomic E-state index is 13.6. The maximum atomic E-state index is 13.6. The quantitative estimate of drug-likeness (QED) is 0.171. The summed E-state index contributed by atoms with van der Waals surface area (Å²) in [6.07, 6.45) is -0.392. The van der Waals surface area contributed by atoms with Crippen LogP contribution in [-0.2, 0) is 14.4 Å². The summed E-state index contributed by atoms with van der Waals surface area (Å²) in [6.45, 7) is 0.221. The standard InChI is InChI=1S/C32H33ClN4O5.ClH/c1-37(2,3)19-30(39)36-35-28(32(41)34-23-13-9-12-22(33)16-23)18-24(38)17-26(21-10-5-4-6-11-21)27-20-42-29-15-8-7-14-25(29)31(27)40;/h4-16,26H,17-20H2,1-3H3,(H2-,34,36,39,40,41);1H. The van der Waals surface area contributed by atoms with Gasteiger partial charge in [-0.05, 0) is 35.9 Å². The van der Waals surface area contributed by atoms with Crippen LogP contribution in [0.5, 0.6) is 5.75 Å². The molecule has 43 heavy (non-hydrogen) atoms. The predicted octanol–water partition coefficient (Wildman–Crippen LogP) is 1.96. The van der Waals surface area contributed by atoms with Crippen molar-refractivity contribution in [3.8, 4) is 5.75 Å². The molecule has 0 saturated carbocycles. The Labute approximate surface area is 262 Å². The molecule has 1 unspecified atom stereocenters. The van der Waals surface area contributed by atoms with Gasteiger partial charge in [0.25, 0.3) is 11.8 Å². The number of likely N-dealkylation sites (N-methyl/N-ethyl adjacent to an activating group) is 1. The summed E-state index contributed by atoms with van der Waals surface area (Å²) in [4.78, 5) is 39.3. The number of aliphatic hydroxyl groups is 1. The van der Waals surface area contributed by atoms with Crippen molar-refractivity contribution in [2.24, 2.45) is 5.10 Å². The van der Waals surface area contributed by atoms with Crippen LogP contribution >= 0.6 is 11.6 Å². The first-order valence-electron chi connectivity index (χ1n) is 13.4. The third kappa shape index (κ3) is 9.41. The molecule has 1 heterocycles. The van der Waals surface area contributed by atoms with E-state index in [0.29, 0.717) is 32.1 Å². The van der Waals surface area contributed by atoms with Crippen molar-refractivity contribution < 1.29 is 41.1 Å². The van der Waals surface area contributed by atoms with Crippen molar-refractivity contribution >= 4 is 46.4 Å². The number of aliphatic hydroxyl groups excluding tert-OH is 1. The van der Waals surface area contributed by atoms with Crippen LogP contribution in [0.25, 0.3) is 5.76 Å². The van der Waals surface area contributed by atoms with Crippen LogP contribution in [0.15, 0.2) is 89.5 Å². The van der Waals surface area contributed by atoms with Gasteiger partial charge in [0, 0.05) is 28.6 Å². The first-order valence-corrected chi connectivity index (χ1v) is 13.8. The van der Waals surface area contributed by atoms with Crippen LogP contribution in [0.3, 0.4) is 0 Å². The Bertz CT molecular complexity index is 1530. The topological polar surface area (TPSA) is 117 Å². The molecule has 0 aliphatic carbocycles. The molecule has 9 nitrogen and oxygen atoms in total. The number of carbonyl (C=O) groups excluding carboxylic acids is 3. The van der Waals surface area contributed by atoms with E-state index < -0.39 is 17.7 Å². The zero-order chi connectivity index (χ0) is 30.3. The summed E-state index contributed by atoms with van der Waals surface area (Å²) < 4.78 is 6.27. The highest BCUT2D eigenvalue weighted by atomic mass is 35.5. The number of carbonyl (C=O) groups is 3. The third-order valence-corrected chi connectivity index (χ3v) is 6.76.